The first kappa shape index (κ1) is 15.6. The van der Waals surface area contributed by atoms with Gasteiger partial charge >= 0.3 is 0 Å². The molecule has 2 aromatic carbocycles. The molecular weight excluding hydrogens is 414 g/mol. The van der Waals surface area contributed by atoms with Crippen LogP contribution in [0.2, 0.25) is 0 Å². The van der Waals surface area contributed by atoms with Gasteiger partial charge in [-0.2, -0.15) is 0 Å². The van der Waals surface area contributed by atoms with Crippen LogP contribution in [0.15, 0.2) is 39.3 Å². The molecule has 2 rings (SSSR count). The zero-order chi connectivity index (χ0) is 14.7. The predicted molar refractivity (Wildman–Crippen MR) is 84.4 cm³/mol. The number of benzene rings is 2. The molecule has 0 spiro atoms. The number of ether oxygens (including phenoxy) is 2. The summed E-state index contributed by atoms with van der Waals surface area (Å²) in [6.45, 7) is 0. The van der Waals surface area contributed by atoms with Crippen molar-refractivity contribution in [3.8, 4) is 17.2 Å². The summed E-state index contributed by atoms with van der Waals surface area (Å²) in [5.41, 5.74) is 0.658. The molecule has 0 fully saturated rings. The molecule has 0 aliphatic carbocycles. The van der Waals surface area contributed by atoms with Crippen LogP contribution in [0.5, 0.6) is 17.2 Å². The molecule has 0 aliphatic heterocycles. The molecule has 106 valence electrons. The maximum atomic E-state index is 13.4. The van der Waals surface area contributed by atoms with Crippen molar-refractivity contribution in [3.63, 3.8) is 0 Å². The Labute approximate surface area is 138 Å². The van der Waals surface area contributed by atoms with Gasteiger partial charge < -0.3 is 9.47 Å². The maximum absolute atomic E-state index is 13.4. The summed E-state index contributed by atoms with van der Waals surface area (Å²) in [7, 11) is 1.58. The first-order valence-electron chi connectivity index (χ1n) is 5.60. The summed E-state index contributed by atoms with van der Waals surface area (Å²) in [6.07, 6.45) is 0. The molecule has 2 aromatic rings. The average Bonchev–Trinajstić information content (AvgIpc) is 2.41. The third-order valence-corrected chi connectivity index (χ3v) is 4.07. The summed E-state index contributed by atoms with van der Waals surface area (Å²) in [5.74, 6) is 1.44. The second-order valence-corrected chi connectivity index (χ2v) is 5.92. The highest BCUT2D eigenvalue weighted by atomic mass is 79.9. The highest BCUT2D eigenvalue weighted by Gasteiger charge is 2.10. The Morgan fingerprint density at radius 3 is 2.35 bits per heavy atom. The second kappa shape index (κ2) is 6.78. The van der Waals surface area contributed by atoms with Gasteiger partial charge in [0.05, 0.1) is 16.1 Å². The van der Waals surface area contributed by atoms with E-state index in [1.165, 1.54) is 12.1 Å². The Bertz CT molecular complexity index is 635. The fourth-order valence-corrected chi connectivity index (χ4v) is 2.67. The van der Waals surface area contributed by atoms with E-state index in [0.29, 0.717) is 27.3 Å². The van der Waals surface area contributed by atoms with Gasteiger partial charge in [0, 0.05) is 11.9 Å². The van der Waals surface area contributed by atoms with Gasteiger partial charge in [-0.3, -0.25) is 0 Å². The van der Waals surface area contributed by atoms with E-state index in [-0.39, 0.29) is 11.7 Å². The van der Waals surface area contributed by atoms with E-state index in [1.807, 2.05) is 0 Å². The lowest BCUT2D eigenvalue weighted by atomic mass is 10.2. The first-order valence-corrected chi connectivity index (χ1v) is 7.72. The molecule has 0 atom stereocenters. The summed E-state index contributed by atoms with van der Waals surface area (Å²) in [6, 6.07) is 7.88. The van der Waals surface area contributed by atoms with Crippen LogP contribution in [0.3, 0.4) is 0 Å². The van der Waals surface area contributed by atoms with E-state index in [9.17, 15) is 4.39 Å². The number of hydrogen-bond acceptors (Lipinski definition) is 2. The smallest absolute Gasteiger partial charge is 0.143 e. The van der Waals surface area contributed by atoms with Gasteiger partial charge in [-0.25, -0.2) is 4.39 Å². The zero-order valence-corrected chi connectivity index (χ0v) is 14.4. The summed E-state index contributed by atoms with van der Waals surface area (Å²) < 4.78 is 25.7. The highest BCUT2D eigenvalue weighted by Crippen LogP contribution is 2.38. The van der Waals surface area contributed by atoms with E-state index in [4.69, 9.17) is 21.1 Å². The molecule has 6 heteroatoms. The van der Waals surface area contributed by atoms with Crippen LogP contribution in [-0.4, -0.2) is 7.11 Å². The van der Waals surface area contributed by atoms with Crippen molar-refractivity contribution in [1.29, 1.82) is 0 Å². The molecular formula is C14H10Br2ClFO2. The Kier molecular flexibility index (Phi) is 5.29. The predicted octanol–water partition coefficient (Wildman–Crippen LogP) is 5.89. The largest absolute Gasteiger partial charge is 0.496 e. The molecule has 0 aliphatic rings. The van der Waals surface area contributed by atoms with Crippen molar-refractivity contribution in [2.24, 2.45) is 0 Å². The lowest BCUT2D eigenvalue weighted by Gasteiger charge is -2.11. The monoisotopic (exact) mass is 422 g/mol. The minimum absolute atomic E-state index is 0.224. The summed E-state index contributed by atoms with van der Waals surface area (Å²) in [4.78, 5) is 0. The van der Waals surface area contributed by atoms with Gasteiger partial charge in [0.15, 0.2) is 0 Å². The van der Waals surface area contributed by atoms with Crippen molar-refractivity contribution < 1.29 is 13.9 Å². The minimum Gasteiger partial charge on any atom is -0.496 e. The van der Waals surface area contributed by atoms with Crippen molar-refractivity contribution >= 4 is 43.5 Å². The van der Waals surface area contributed by atoms with Crippen molar-refractivity contribution in [2.45, 2.75) is 5.88 Å². The molecule has 0 heterocycles. The maximum Gasteiger partial charge on any atom is 0.143 e. The number of methoxy groups -OCH3 is 1. The van der Waals surface area contributed by atoms with Crippen molar-refractivity contribution in [3.05, 3.63) is 50.7 Å². The third kappa shape index (κ3) is 3.65. The normalized spacial score (nSPS) is 10.4. The molecule has 0 radical (unpaired) electrons. The van der Waals surface area contributed by atoms with Crippen LogP contribution in [0.4, 0.5) is 4.39 Å². The van der Waals surface area contributed by atoms with Gasteiger partial charge in [-0.15, -0.1) is 11.6 Å². The van der Waals surface area contributed by atoms with Crippen LogP contribution in [0, 0.1) is 5.82 Å². The summed E-state index contributed by atoms with van der Waals surface area (Å²) >= 11 is 12.5. The number of halogens is 4. The van der Waals surface area contributed by atoms with Crippen molar-refractivity contribution in [1.82, 2.24) is 0 Å². The average molecular weight is 424 g/mol. The summed E-state index contributed by atoms with van der Waals surface area (Å²) in [5, 5.41) is 0. The Balaban J connectivity index is 2.35. The van der Waals surface area contributed by atoms with E-state index >= 15 is 0 Å². The lowest BCUT2D eigenvalue weighted by Crippen LogP contribution is -1.91. The molecule has 2 nitrogen and oxygen atoms in total. The molecule has 0 aromatic heterocycles. The van der Waals surface area contributed by atoms with Crippen LogP contribution in [-0.2, 0) is 5.88 Å². The van der Waals surface area contributed by atoms with Gasteiger partial charge in [0.25, 0.3) is 0 Å². The fraction of sp³-hybridized carbons (Fsp3) is 0.143. The quantitative estimate of drug-likeness (QED) is 0.570. The molecule has 0 amide bonds. The van der Waals surface area contributed by atoms with Crippen LogP contribution >= 0.6 is 43.5 Å². The van der Waals surface area contributed by atoms with Gasteiger partial charge in [0.1, 0.15) is 23.1 Å². The Morgan fingerprint density at radius 2 is 1.70 bits per heavy atom. The third-order valence-electron chi connectivity index (χ3n) is 2.52. The van der Waals surface area contributed by atoms with Crippen LogP contribution in [0.1, 0.15) is 5.56 Å². The lowest BCUT2D eigenvalue weighted by molar-refractivity contribution is 0.409. The Hall–Kier alpha value is -0.780. The van der Waals surface area contributed by atoms with E-state index in [0.717, 1.165) is 4.47 Å². The van der Waals surface area contributed by atoms with Crippen molar-refractivity contribution in [2.75, 3.05) is 7.11 Å². The minimum atomic E-state index is -0.387. The van der Waals surface area contributed by atoms with Gasteiger partial charge in [0.2, 0.25) is 0 Å². The first-order chi connectivity index (χ1) is 9.53. The molecule has 0 bridgehead atoms. The molecule has 0 saturated heterocycles. The molecule has 20 heavy (non-hydrogen) atoms. The zero-order valence-electron chi connectivity index (χ0n) is 10.4. The molecule has 0 N–H and O–H groups in total. The van der Waals surface area contributed by atoms with Crippen LogP contribution in [0.25, 0.3) is 0 Å². The standard InChI is InChI=1S/C14H10Br2ClFO2/c1-19-13-5-12(16)14(6-11(13)15)20-10-3-8(7-17)2-9(18)4-10/h2-6H,7H2,1H3. The molecule has 0 saturated carbocycles. The SMILES string of the molecule is COc1cc(Br)c(Oc2cc(F)cc(CCl)c2)cc1Br. The van der Waals surface area contributed by atoms with E-state index < -0.39 is 0 Å². The second-order valence-electron chi connectivity index (χ2n) is 3.95. The van der Waals surface area contributed by atoms with Crippen LogP contribution < -0.4 is 9.47 Å². The Morgan fingerprint density at radius 1 is 1.05 bits per heavy atom. The number of hydrogen-bond donors (Lipinski definition) is 0. The van der Waals surface area contributed by atoms with E-state index in [1.54, 1.807) is 25.3 Å². The molecule has 0 unspecified atom stereocenters. The topological polar surface area (TPSA) is 18.5 Å². The fourth-order valence-electron chi connectivity index (χ4n) is 1.63. The van der Waals surface area contributed by atoms with Gasteiger partial charge in [-0.1, -0.05) is 0 Å². The number of rotatable bonds is 4. The number of alkyl halides is 1. The highest BCUT2D eigenvalue weighted by molar-refractivity contribution is 9.11. The van der Waals surface area contributed by atoms with Gasteiger partial charge in [-0.05, 0) is 61.7 Å². The van der Waals surface area contributed by atoms with E-state index in [2.05, 4.69) is 31.9 Å².